The molecule has 0 aliphatic carbocycles. The van der Waals surface area contributed by atoms with Crippen LogP contribution in [0, 0.1) is 11.3 Å². The summed E-state index contributed by atoms with van der Waals surface area (Å²) in [5.41, 5.74) is 8.44. The first-order valence-electron chi connectivity index (χ1n) is 5.87. The Balaban J connectivity index is 2.51. The molecule has 1 aromatic heterocycles. The van der Waals surface area contributed by atoms with Crippen molar-refractivity contribution in [3.8, 4) is 17.3 Å². The summed E-state index contributed by atoms with van der Waals surface area (Å²) in [6.45, 7) is 4.18. The molecule has 0 fully saturated rings. The van der Waals surface area contributed by atoms with Crippen molar-refractivity contribution in [1.29, 1.82) is 5.26 Å². The Morgan fingerprint density at radius 3 is 2.33 bits per heavy atom. The Hall–Kier alpha value is -2.28. The van der Waals surface area contributed by atoms with Gasteiger partial charge in [0.05, 0.1) is 11.6 Å². The number of nitriles is 1. The van der Waals surface area contributed by atoms with Gasteiger partial charge in [-0.25, -0.2) is 4.98 Å². The summed E-state index contributed by atoms with van der Waals surface area (Å²) in [7, 11) is 1.92. The first-order chi connectivity index (χ1) is 8.54. The van der Waals surface area contributed by atoms with Crippen molar-refractivity contribution in [3.05, 3.63) is 35.7 Å². The fourth-order valence-electron chi connectivity index (χ4n) is 1.96. The third kappa shape index (κ3) is 1.95. The molecular formula is C14H16N4. The fraction of sp³-hybridized carbons (Fsp3) is 0.286. The number of hydrogen-bond donors (Lipinski definition) is 1. The monoisotopic (exact) mass is 240 g/mol. The molecule has 4 nitrogen and oxygen atoms in total. The number of anilines is 1. The number of nitrogens with zero attached hydrogens (tertiary/aromatic N) is 3. The number of aromatic nitrogens is 2. The molecule has 0 spiro atoms. The van der Waals surface area contributed by atoms with E-state index in [1.807, 2.05) is 23.7 Å². The molecule has 1 aromatic carbocycles. The summed E-state index contributed by atoms with van der Waals surface area (Å²) in [6.07, 6.45) is 0. The summed E-state index contributed by atoms with van der Waals surface area (Å²) in [5.74, 6) is 1.94. The van der Waals surface area contributed by atoms with E-state index in [9.17, 15) is 0 Å². The van der Waals surface area contributed by atoms with Crippen LogP contribution in [-0.2, 0) is 7.05 Å². The topological polar surface area (TPSA) is 67.6 Å². The second kappa shape index (κ2) is 4.53. The smallest absolute Gasteiger partial charge is 0.131 e. The third-order valence-corrected chi connectivity index (χ3v) is 2.98. The van der Waals surface area contributed by atoms with Gasteiger partial charge in [-0.05, 0) is 12.1 Å². The maximum Gasteiger partial charge on any atom is 0.131 e. The summed E-state index contributed by atoms with van der Waals surface area (Å²) < 4.78 is 1.91. The van der Waals surface area contributed by atoms with E-state index in [-0.39, 0.29) is 0 Å². The molecule has 2 aromatic rings. The van der Waals surface area contributed by atoms with E-state index in [0.717, 1.165) is 17.1 Å². The maximum atomic E-state index is 8.78. The van der Waals surface area contributed by atoms with Crippen LogP contribution in [0.1, 0.15) is 31.2 Å². The number of nitrogens with two attached hydrogens (primary N) is 1. The highest BCUT2D eigenvalue weighted by atomic mass is 15.1. The van der Waals surface area contributed by atoms with Crippen LogP contribution in [-0.4, -0.2) is 9.55 Å². The lowest BCUT2D eigenvalue weighted by Crippen LogP contribution is -2.02. The Labute approximate surface area is 107 Å². The van der Waals surface area contributed by atoms with Crippen LogP contribution in [0.3, 0.4) is 0 Å². The third-order valence-electron chi connectivity index (χ3n) is 2.98. The molecule has 0 aliphatic rings. The van der Waals surface area contributed by atoms with Gasteiger partial charge in [-0.3, -0.25) is 0 Å². The van der Waals surface area contributed by atoms with Crippen LogP contribution in [0.15, 0.2) is 24.3 Å². The molecule has 92 valence electrons. The van der Waals surface area contributed by atoms with Crippen LogP contribution in [0.2, 0.25) is 0 Å². The standard InChI is InChI=1S/C14H16N4/c1-9(2)14-17-12(13(16)18(14)3)11-6-4-10(8-15)5-7-11/h4-7,9H,16H2,1-3H3. The zero-order valence-corrected chi connectivity index (χ0v) is 10.8. The zero-order valence-electron chi connectivity index (χ0n) is 10.8. The van der Waals surface area contributed by atoms with E-state index in [0.29, 0.717) is 17.3 Å². The van der Waals surface area contributed by atoms with Gasteiger partial charge in [0.2, 0.25) is 0 Å². The minimum absolute atomic E-state index is 0.324. The molecule has 0 saturated carbocycles. The van der Waals surface area contributed by atoms with Crippen molar-refractivity contribution in [3.63, 3.8) is 0 Å². The average Bonchev–Trinajstić information content (AvgIpc) is 2.67. The Morgan fingerprint density at radius 2 is 1.89 bits per heavy atom. The van der Waals surface area contributed by atoms with Crippen molar-refractivity contribution < 1.29 is 0 Å². The number of benzene rings is 1. The number of hydrogen-bond acceptors (Lipinski definition) is 3. The first-order valence-corrected chi connectivity index (χ1v) is 5.87. The van der Waals surface area contributed by atoms with Gasteiger partial charge in [0.15, 0.2) is 0 Å². The molecule has 18 heavy (non-hydrogen) atoms. The minimum atomic E-state index is 0.324. The van der Waals surface area contributed by atoms with Gasteiger partial charge < -0.3 is 10.3 Å². The number of rotatable bonds is 2. The molecule has 1 heterocycles. The summed E-state index contributed by atoms with van der Waals surface area (Å²) in [5, 5.41) is 8.78. The lowest BCUT2D eigenvalue weighted by Gasteiger charge is -2.04. The second-order valence-electron chi connectivity index (χ2n) is 4.61. The Kier molecular flexibility index (Phi) is 3.07. The lowest BCUT2D eigenvalue weighted by atomic mass is 10.1. The molecule has 0 atom stereocenters. The van der Waals surface area contributed by atoms with Gasteiger partial charge in [0.25, 0.3) is 0 Å². The van der Waals surface area contributed by atoms with Crippen molar-refractivity contribution >= 4 is 5.82 Å². The van der Waals surface area contributed by atoms with Crippen molar-refractivity contribution in [2.45, 2.75) is 19.8 Å². The van der Waals surface area contributed by atoms with Gasteiger partial charge in [-0.15, -0.1) is 0 Å². The van der Waals surface area contributed by atoms with E-state index < -0.39 is 0 Å². The molecule has 2 rings (SSSR count). The van der Waals surface area contributed by atoms with Crippen LogP contribution < -0.4 is 5.73 Å². The molecule has 0 aliphatic heterocycles. The van der Waals surface area contributed by atoms with Gasteiger partial charge in [0, 0.05) is 18.5 Å². The molecular weight excluding hydrogens is 224 g/mol. The first kappa shape index (κ1) is 12.2. The predicted molar refractivity (Wildman–Crippen MR) is 71.9 cm³/mol. The van der Waals surface area contributed by atoms with Crippen molar-refractivity contribution in [2.24, 2.45) is 7.05 Å². The Morgan fingerprint density at radius 1 is 1.28 bits per heavy atom. The normalized spacial score (nSPS) is 10.6. The second-order valence-corrected chi connectivity index (χ2v) is 4.61. The average molecular weight is 240 g/mol. The van der Waals surface area contributed by atoms with Crippen LogP contribution in [0.25, 0.3) is 11.3 Å². The molecule has 0 unspecified atom stereocenters. The van der Waals surface area contributed by atoms with Crippen molar-refractivity contribution in [1.82, 2.24) is 9.55 Å². The largest absolute Gasteiger partial charge is 0.383 e. The van der Waals surface area contributed by atoms with Gasteiger partial charge in [-0.1, -0.05) is 26.0 Å². The maximum absolute atomic E-state index is 8.78. The highest BCUT2D eigenvalue weighted by molar-refractivity contribution is 5.71. The van der Waals surface area contributed by atoms with E-state index in [1.54, 1.807) is 12.1 Å². The van der Waals surface area contributed by atoms with E-state index >= 15 is 0 Å². The van der Waals surface area contributed by atoms with Gasteiger partial charge in [0.1, 0.15) is 17.3 Å². The van der Waals surface area contributed by atoms with E-state index in [4.69, 9.17) is 11.0 Å². The number of nitrogen functional groups attached to an aromatic ring is 1. The molecule has 0 saturated heterocycles. The highest BCUT2D eigenvalue weighted by Gasteiger charge is 2.15. The summed E-state index contributed by atoms with van der Waals surface area (Å²) in [6, 6.07) is 9.40. The van der Waals surface area contributed by atoms with E-state index in [2.05, 4.69) is 24.9 Å². The summed E-state index contributed by atoms with van der Waals surface area (Å²) in [4.78, 5) is 4.59. The quantitative estimate of drug-likeness (QED) is 0.877. The van der Waals surface area contributed by atoms with Crippen LogP contribution >= 0.6 is 0 Å². The van der Waals surface area contributed by atoms with Crippen molar-refractivity contribution in [2.75, 3.05) is 5.73 Å². The minimum Gasteiger partial charge on any atom is -0.383 e. The predicted octanol–water partition coefficient (Wildman–Crippen LogP) is 2.66. The molecule has 2 N–H and O–H groups in total. The van der Waals surface area contributed by atoms with Gasteiger partial charge >= 0.3 is 0 Å². The molecule has 0 amide bonds. The highest BCUT2D eigenvalue weighted by Crippen LogP contribution is 2.28. The summed E-state index contributed by atoms with van der Waals surface area (Å²) >= 11 is 0. The van der Waals surface area contributed by atoms with Crippen LogP contribution in [0.5, 0.6) is 0 Å². The SMILES string of the molecule is CC(C)c1nc(-c2ccc(C#N)cc2)c(N)n1C. The molecule has 0 bridgehead atoms. The molecule has 0 radical (unpaired) electrons. The van der Waals surface area contributed by atoms with E-state index in [1.165, 1.54) is 0 Å². The fourth-order valence-corrected chi connectivity index (χ4v) is 1.96. The lowest BCUT2D eigenvalue weighted by molar-refractivity contribution is 0.715. The van der Waals surface area contributed by atoms with Crippen LogP contribution in [0.4, 0.5) is 5.82 Å². The zero-order chi connectivity index (χ0) is 13.3. The molecule has 4 heteroatoms. The van der Waals surface area contributed by atoms with Gasteiger partial charge in [-0.2, -0.15) is 5.26 Å². The Bertz CT molecular complexity index is 600. The number of imidazole rings is 1.